The van der Waals surface area contributed by atoms with Gasteiger partial charge in [0.1, 0.15) is 4.88 Å². The lowest BCUT2D eigenvalue weighted by Gasteiger charge is -2.01. The van der Waals surface area contributed by atoms with Gasteiger partial charge in [-0.2, -0.15) is 0 Å². The van der Waals surface area contributed by atoms with E-state index < -0.39 is 5.97 Å². The van der Waals surface area contributed by atoms with Crippen LogP contribution in [0.1, 0.15) is 14.7 Å². The Hall–Kier alpha value is -2.08. The first-order valence-corrected chi connectivity index (χ1v) is 6.07. The summed E-state index contributed by atoms with van der Waals surface area (Å²) in [6.07, 6.45) is 0. The van der Waals surface area contributed by atoms with Crippen molar-refractivity contribution in [2.75, 3.05) is 6.79 Å². The van der Waals surface area contributed by atoms with E-state index in [1.807, 2.05) is 0 Å². The van der Waals surface area contributed by atoms with Crippen molar-refractivity contribution < 1.29 is 19.4 Å². The number of aromatic carboxylic acids is 1. The zero-order valence-electron chi connectivity index (χ0n) is 9.47. The highest BCUT2D eigenvalue weighted by molar-refractivity contribution is 7.14. The summed E-state index contributed by atoms with van der Waals surface area (Å²) >= 11 is 1.17. The minimum absolute atomic E-state index is 0.195. The Balaban J connectivity index is 2.12. The number of fused-ring (bicyclic) bond motifs is 1. The van der Waals surface area contributed by atoms with Crippen LogP contribution in [0.3, 0.4) is 0 Å². The second kappa shape index (κ2) is 3.99. The van der Waals surface area contributed by atoms with Gasteiger partial charge in [0.25, 0.3) is 0 Å². The molecule has 18 heavy (non-hydrogen) atoms. The first-order chi connectivity index (χ1) is 8.65. The third kappa shape index (κ3) is 1.70. The molecule has 1 aromatic carbocycles. The maximum absolute atomic E-state index is 11.2. The molecule has 0 atom stereocenters. The van der Waals surface area contributed by atoms with E-state index in [0.717, 1.165) is 10.6 Å². The molecule has 3 rings (SSSR count). The normalized spacial score (nSPS) is 12.7. The van der Waals surface area contributed by atoms with E-state index in [1.54, 1.807) is 25.1 Å². The minimum Gasteiger partial charge on any atom is -0.477 e. The molecule has 0 radical (unpaired) electrons. The molecule has 2 aromatic rings. The molecule has 0 saturated heterocycles. The predicted octanol–water partition coefficient (Wildman–Crippen LogP) is 2.55. The van der Waals surface area contributed by atoms with E-state index in [1.165, 1.54) is 11.3 Å². The number of carboxylic acids is 1. The van der Waals surface area contributed by atoms with Crippen LogP contribution in [0.25, 0.3) is 11.3 Å². The smallest absolute Gasteiger partial charge is 0.348 e. The second-order valence-electron chi connectivity index (χ2n) is 3.78. The van der Waals surface area contributed by atoms with Crippen molar-refractivity contribution in [1.82, 2.24) is 4.98 Å². The summed E-state index contributed by atoms with van der Waals surface area (Å²) in [5.41, 5.74) is 1.20. The van der Waals surface area contributed by atoms with Crippen LogP contribution in [-0.2, 0) is 0 Å². The maximum atomic E-state index is 11.2. The Morgan fingerprint density at radius 1 is 1.39 bits per heavy atom. The predicted molar refractivity (Wildman–Crippen MR) is 65.4 cm³/mol. The number of nitrogens with zero attached hydrogens (tertiary/aromatic N) is 1. The number of thiazole rings is 1. The van der Waals surface area contributed by atoms with Gasteiger partial charge in [0.05, 0.1) is 10.7 Å². The monoisotopic (exact) mass is 263 g/mol. The van der Waals surface area contributed by atoms with Gasteiger partial charge in [0, 0.05) is 5.56 Å². The standard InChI is InChI=1S/C12H9NO4S/c1-6-13-10(11(18-6)12(14)15)7-2-3-8-9(4-7)17-5-16-8/h2-4H,5H2,1H3,(H,14,15). The van der Waals surface area contributed by atoms with Gasteiger partial charge in [0.15, 0.2) is 11.5 Å². The summed E-state index contributed by atoms with van der Waals surface area (Å²) in [5, 5.41) is 9.87. The minimum atomic E-state index is -0.965. The van der Waals surface area contributed by atoms with Crippen LogP contribution in [0.4, 0.5) is 0 Å². The molecule has 1 aromatic heterocycles. The van der Waals surface area contributed by atoms with Crippen LogP contribution in [0, 0.1) is 6.92 Å². The number of benzene rings is 1. The van der Waals surface area contributed by atoms with Crippen LogP contribution in [-0.4, -0.2) is 22.9 Å². The molecule has 2 heterocycles. The van der Waals surface area contributed by atoms with Gasteiger partial charge in [-0.15, -0.1) is 11.3 Å². The third-order valence-electron chi connectivity index (χ3n) is 2.57. The van der Waals surface area contributed by atoms with Crippen LogP contribution < -0.4 is 9.47 Å². The highest BCUT2D eigenvalue weighted by Crippen LogP contribution is 2.37. The zero-order valence-corrected chi connectivity index (χ0v) is 10.3. The lowest BCUT2D eigenvalue weighted by Crippen LogP contribution is -1.95. The molecule has 0 fully saturated rings. The molecule has 0 aliphatic carbocycles. The summed E-state index contributed by atoms with van der Waals surface area (Å²) in [5.74, 6) is 0.324. The quantitative estimate of drug-likeness (QED) is 0.901. The van der Waals surface area contributed by atoms with Crippen molar-refractivity contribution >= 4 is 17.3 Å². The van der Waals surface area contributed by atoms with Crippen LogP contribution in [0.5, 0.6) is 11.5 Å². The number of aryl methyl sites for hydroxylation is 1. The van der Waals surface area contributed by atoms with E-state index in [4.69, 9.17) is 14.6 Å². The average molecular weight is 263 g/mol. The molecule has 6 heteroatoms. The Kier molecular flexibility index (Phi) is 2.45. The highest BCUT2D eigenvalue weighted by atomic mass is 32.1. The van der Waals surface area contributed by atoms with Crippen molar-refractivity contribution in [3.8, 4) is 22.8 Å². The second-order valence-corrected chi connectivity index (χ2v) is 4.99. The average Bonchev–Trinajstić information content (AvgIpc) is 2.93. The van der Waals surface area contributed by atoms with E-state index in [9.17, 15) is 4.79 Å². The number of rotatable bonds is 2. The van der Waals surface area contributed by atoms with Crippen molar-refractivity contribution in [3.05, 3.63) is 28.1 Å². The van der Waals surface area contributed by atoms with Gasteiger partial charge < -0.3 is 14.6 Å². The molecule has 0 spiro atoms. The van der Waals surface area contributed by atoms with Crippen LogP contribution in [0.2, 0.25) is 0 Å². The molecular weight excluding hydrogens is 254 g/mol. The fourth-order valence-electron chi connectivity index (χ4n) is 1.81. The van der Waals surface area contributed by atoms with Crippen molar-refractivity contribution in [2.45, 2.75) is 6.92 Å². The largest absolute Gasteiger partial charge is 0.477 e. The van der Waals surface area contributed by atoms with E-state index in [2.05, 4.69) is 4.98 Å². The molecule has 0 saturated carbocycles. The summed E-state index contributed by atoms with van der Waals surface area (Å²) in [4.78, 5) is 15.7. The summed E-state index contributed by atoms with van der Waals surface area (Å²) in [6, 6.07) is 5.30. The Labute approximate surface area is 107 Å². The van der Waals surface area contributed by atoms with Gasteiger partial charge >= 0.3 is 5.97 Å². The summed E-state index contributed by atoms with van der Waals surface area (Å²) < 4.78 is 10.5. The molecule has 1 aliphatic heterocycles. The van der Waals surface area contributed by atoms with Gasteiger partial charge in [-0.25, -0.2) is 9.78 Å². The lowest BCUT2D eigenvalue weighted by molar-refractivity contribution is 0.0702. The highest BCUT2D eigenvalue weighted by Gasteiger charge is 2.20. The molecule has 5 nitrogen and oxygen atoms in total. The van der Waals surface area contributed by atoms with Crippen molar-refractivity contribution in [3.63, 3.8) is 0 Å². The SMILES string of the molecule is Cc1nc(-c2ccc3c(c2)OCO3)c(C(=O)O)s1. The molecule has 92 valence electrons. The third-order valence-corrected chi connectivity index (χ3v) is 3.53. The van der Waals surface area contributed by atoms with Gasteiger partial charge in [0.2, 0.25) is 6.79 Å². The molecule has 1 aliphatic rings. The van der Waals surface area contributed by atoms with Gasteiger partial charge in [-0.1, -0.05) is 0 Å². The van der Waals surface area contributed by atoms with E-state index in [0.29, 0.717) is 17.2 Å². The Bertz CT molecular complexity index is 635. The zero-order chi connectivity index (χ0) is 12.7. The van der Waals surface area contributed by atoms with Crippen LogP contribution >= 0.6 is 11.3 Å². The molecule has 0 amide bonds. The van der Waals surface area contributed by atoms with Crippen molar-refractivity contribution in [2.24, 2.45) is 0 Å². The molecule has 0 bridgehead atoms. The van der Waals surface area contributed by atoms with E-state index in [-0.39, 0.29) is 11.7 Å². The fraction of sp³-hybridized carbons (Fsp3) is 0.167. The van der Waals surface area contributed by atoms with E-state index >= 15 is 0 Å². The first kappa shape index (κ1) is 11.0. The maximum Gasteiger partial charge on any atom is 0.348 e. The Morgan fingerprint density at radius 3 is 2.94 bits per heavy atom. The first-order valence-electron chi connectivity index (χ1n) is 5.26. The number of hydrogen-bond donors (Lipinski definition) is 1. The number of carboxylic acid groups (broad SMARTS) is 1. The number of aromatic nitrogens is 1. The van der Waals surface area contributed by atoms with Gasteiger partial charge in [-0.3, -0.25) is 0 Å². The lowest BCUT2D eigenvalue weighted by atomic mass is 10.1. The van der Waals surface area contributed by atoms with Crippen molar-refractivity contribution in [1.29, 1.82) is 0 Å². The fourth-order valence-corrected chi connectivity index (χ4v) is 2.59. The summed E-state index contributed by atoms with van der Waals surface area (Å²) in [7, 11) is 0. The Morgan fingerprint density at radius 2 is 2.17 bits per heavy atom. The van der Waals surface area contributed by atoms with Gasteiger partial charge in [-0.05, 0) is 25.1 Å². The number of hydrogen-bond acceptors (Lipinski definition) is 5. The molecule has 0 unspecified atom stereocenters. The van der Waals surface area contributed by atoms with Crippen LogP contribution in [0.15, 0.2) is 18.2 Å². The molecular formula is C12H9NO4S. The number of ether oxygens (including phenoxy) is 2. The topological polar surface area (TPSA) is 68.7 Å². The summed E-state index contributed by atoms with van der Waals surface area (Å²) in [6.45, 7) is 1.98. The number of carbonyl (C=O) groups is 1. The molecule has 1 N–H and O–H groups in total.